The van der Waals surface area contributed by atoms with Crippen LogP contribution in [0.25, 0.3) is 0 Å². The highest BCUT2D eigenvalue weighted by Gasteiger charge is 2.11. The van der Waals surface area contributed by atoms with Crippen LogP contribution in [0.2, 0.25) is 0 Å². The lowest BCUT2D eigenvalue weighted by molar-refractivity contribution is 0.155. The number of benzene rings is 1. The number of aliphatic hydroxyl groups is 1. The molecule has 0 radical (unpaired) electrons. The quantitative estimate of drug-likeness (QED) is 0.873. The standard InChI is InChI=1S/C14H16BrNO4/c1-9(17)13-4-3-10(15)5-14(13)19-7-11-6-12(8-18-2)20-16-11/h3-6,9,17H,7-8H2,1-2H3/t9-/m1/s1. The van der Waals surface area contributed by atoms with Crippen LogP contribution in [-0.4, -0.2) is 17.4 Å². The van der Waals surface area contributed by atoms with Crippen molar-refractivity contribution in [2.24, 2.45) is 0 Å². The SMILES string of the molecule is COCc1cc(COc2cc(Br)ccc2[C@@H](C)O)no1. The second kappa shape index (κ2) is 6.88. The average molecular weight is 342 g/mol. The number of hydrogen-bond donors (Lipinski definition) is 1. The van der Waals surface area contributed by atoms with Gasteiger partial charge in [-0.1, -0.05) is 27.2 Å². The number of ether oxygens (including phenoxy) is 2. The molecule has 1 N–H and O–H groups in total. The second-order valence-electron chi connectivity index (χ2n) is 4.36. The molecule has 20 heavy (non-hydrogen) atoms. The molecule has 0 fully saturated rings. The molecule has 1 aromatic heterocycles. The molecule has 0 amide bonds. The van der Waals surface area contributed by atoms with Crippen LogP contribution in [0.4, 0.5) is 0 Å². The summed E-state index contributed by atoms with van der Waals surface area (Å²) in [6.45, 7) is 2.34. The van der Waals surface area contributed by atoms with Crippen LogP contribution in [0.15, 0.2) is 33.3 Å². The van der Waals surface area contributed by atoms with E-state index in [1.807, 2.05) is 18.2 Å². The highest BCUT2D eigenvalue weighted by atomic mass is 79.9. The number of rotatable bonds is 6. The van der Waals surface area contributed by atoms with E-state index in [0.717, 1.165) is 10.0 Å². The third kappa shape index (κ3) is 3.82. The van der Waals surface area contributed by atoms with Gasteiger partial charge in [-0.2, -0.15) is 0 Å². The first-order valence-corrected chi connectivity index (χ1v) is 6.93. The van der Waals surface area contributed by atoms with E-state index in [2.05, 4.69) is 21.1 Å². The van der Waals surface area contributed by atoms with E-state index in [1.165, 1.54) is 0 Å². The number of nitrogens with zero attached hydrogens (tertiary/aromatic N) is 1. The molecule has 0 saturated carbocycles. The summed E-state index contributed by atoms with van der Waals surface area (Å²) in [5, 5.41) is 13.6. The predicted octanol–water partition coefficient (Wildman–Crippen LogP) is 3.22. The zero-order valence-corrected chi connectivity index (χ0v) is 12.9. The summed E-state index contributed by atoms with van der Waals surface area (Å²) in [5.74, 6) is 1.27. The summed E-state index contributed by atoms with van der Waals surface area (Å²) in [4.78, 5) is 0. The van der Waals surface area contributed by atoms with Crippen LogP contribution in [0.5, 0.6) is 5.75 Å². The molecule has 2 rings (SSSR count). The normalized spacial score (nSPS) is 12.4. The first-order chi connectivity index (χ1) is 9.60. The summed E-state index contributed by atoms with van der Waals surface area (Å²) < 4.78 is 16.6. The molecule has 5 nitrogen and oxygen atoms in total. The molecule has 0 aliphatic heterocycles. The van der Waals surface area contributed by atoms with Gasteiger partial charge in [-0.25, -0.2) is 0 Å². The van der Waals surface area contributed by atoms with Crippen LogP contribution >= 0.6 is 15.9 Å². The Morgan fingerprint density at radius 3 is 2.85 bits per heavy atom. The predicted molar refractivity (Wildman–Crippen MR) is 76.3 cm³/mol. The van der Waals surface area contributed by atoms with Crippen LogP contribution in [-0.2, 0) is 18.0 Å². The lowest BCUT2D eigenvalue weighted by Gasteiger charge is -2.13. The molecule has 0 unspecified atom stereocenters. The van der Waals surface area contributed by atoms with Crippen molar-refractivity contribution in [3.63, 3.8) is 0 Å². The average Bonchev–Trinajstić information content (AvgIpc) is 2.84. The van der Waals surface area contributed by atoms with E-state index in [1.54, 1.807) is 20.1 Å². The van der Waals surface area contributed by atoms with Crippen LogP contribution in [0, 0.1) is 0 Å². The highest BCUT2D eigenvalue weighted by Crippen LogP contribution is 2.29. The van der Waals surface area contributed by atoms with Gasteiger partial charge in [0.1, 0.15) is 24.7 Å². The minimum Gasteiger partial charge on any atom is -0.487 e. The van der Waals surface area contributed by atoms with E-state index in [4.69, 9.17) is 14.0 Å². The molecule has 1 aromatic carbocycles. The Labute approximate surface area is 125 Å². The molecule has 0 spiro atoms. The molecular weight excluding hydrogens is 326 g/mol. The van der Waals surface area contributed by atoms with Crippen molar-refractivity contribution in [1.29, 1.82) is 0 Å². The molecule has 0 aliphatic carbocycles. The van der Waals surface area contributed by atoms with Crippen molar-refractivity contribution in [3.8, 4) is 5.75 Å². The molecule has 0 aliphatic rings. The van der Waals surface area contributed by atoms with E-state index in [9.17, 15) is 5.11 Å². The van der Waals surface area contributed by atoms with Crippen molar-refractivity contribution in [2.75, 3.05) is 7.11 Å². The van der Waals surface area contributed by atoms with Crippen LogP contribution in [0.3, 0.4) is 0 Å². The van der Waals surface area contributed by atoms with Gasteiger partial charge >= 0.3 is 0 Å². The van der Waals surface area contributed by atoms with E-state index < -0.39 is 6.10 Å². The van der Waals surface area contributed by atoms with Gasteiger partial charge in [-0.3, -0.25) is 0 Å². The lowest BCUT2D eigenvalue weighted by Crippen LogP contribution is -2.01. The Balaban J connectivity index is 2.07. The topological polar surface area (TPSA) is 64.7 Å². The van der Waals surface area contributed by atoms with Crippen molar-refractivity contribution < 1.29 is 19.1 Å². The number of methoxy groups -OCH3 is 1. The largest absolute Gasteiger partial charge is 0.487 e. The molecular formula is C14H16BrNO4. The maximum absolute atomic E-state index is 9.72. The molecule has 0 bridgehead atoms. The minimum absolute atomic E-state index is 0.267. The first-order valence-electron chi connectivity index (χ1n) is 6.14. The maximum atomic E-state index is 9.72. The molecule has 1 atom stereocenters. The molecule has 0 saturated heterocycles. The fourth-order valence-electron chi connectivity index (χ4n) is 1.76. The number of aromatic nitrogens is 1. The van der Waals surface area contributed by atoms with Gasteiger partial charge in [0, 0.05) is 23.2 Å². The summed E-state index contributed by atoms with van der Waals surface area (Å²) in [6, 6.07) is 7.28. The smallest absolute Gasteiger partial charge is 0.162 e. The number of halogens is 1. The number of hydrogen-bond acceptors (Lipinski definition) is 5. The number of aliphatic hydroxyl groups excluding tert-OH is 1. The van der Waals surface area contributed by atoms with Crippen LogP contribution in [0.1, 0.15) is 30.0 Å². The molecule has 6 heteroatoms. The fourth-order valence-corrected chi connectivity index (χ4v) is 2.10. The second-order valence-corrected chi connectivity index (χ2v) is 5.28. The fraction of sp³-hybridized carbons (Fsp3) is 0.357. The summed E-state index contributed by atoms with van der Waals surface area (Å²) in [7, 11) is 1.59. The Hall–Kier alpha value is -1.37. The van der Waals surface area contributed by atoms with Gasteiger partial charge in [0.05, 0.1) is 6.10 Å². The Bertz CT molecular complexity index is 568. The van der Waals surface area contributed by atoms with Gasteiger partial charge in [-0.05, 0) is 19.1 Å². The summed E-state index contributed by atoms with van der Waals surface area (Å²) in [6.07, 6.45) is -0.598. The van der Waals surface area contributed by atoms with Crippen molar-refractivity contribution >= 4 is 15.9 Å². The van der Waals surface area contributed by atoms with E-state index >= 15 is 0 Å². The molecule has 1 heterocycles. The summed E-state index contributed by atoms with van der Waals surface area (Å²) >= 11 is 3.38. The van der Waals surface area contributed by atoms with Crippen molar-refractivity contribution in [3.05, 3.63) is 45.8 Å². The third-order valence-electron chi connectivity index (χ3n) is 2.70. The zero-order chi connectivity index (χ0) is 14.5. The van der Waals surface area contributed by atoms with Crippen molar-refractivity contribution in [1.82, 2.24) is 5.16 Å². The van der Waals surface area contributed by atoms with E-state index in [-0.39, 0.29) is 6.61 Å². The molecule has 108 valence electrons. The Morgan fingerprint density at radius 1 is 1.35 bits per heavy atom. The summed E-state index contributed by atoms with van der Waals surface area (Å²) in [5.41, 5.74) is 1.40. The van der Waals surface area contributed by atoms with E-state index in [0.29, 0.717) is 23.8 Å². The first kappa shape index (κ1) is 15.0. The monoisotopic (exact) mass is 341 g/mol. The van der Waals surface area contributed by atoms with Gasteiger partial charge < -0.3 is 19.1 Å². The Kier molecular flexibility index (Phi) is 5.17. The van der Waals surface area contributed by atoms with Crippen LogP contribution < -0.4 is 4.74 Å². The van der Waals surface area contributed by atoms with Gasteiger partial charge in [0.15, 0.2) is 5.76 Å². The van der Waals surface area contributed by atoms with Gasteiger partial charge in [-0.15, -0.1) is 0 Å². The van der Waals surface area contributed by atoms with Crippen molar-refractivity contribution in [2.45, 2.75) is 26.2 Å². The minimum atomic E-state index is -0.598. The third-order valence-corrected chi connectivity index (χ3v) is 3.19. The lowest BCUT2D eigenvalue weighted by atomic mass is 10.1. The zero-order valence-electron chi connectivity index (χ0n) is 11.3. The van der Waals surface area contributed by atoms with Gasteiger partial charge in [0.2, 0.25) is 0 Å². The van der Waals surface area contributed by atoms with Gasteiger partial charge in [0.25, 0.3) is 0 Å². The Morgan fingerprint density at radius 2 is 2.15 bits per heavy atom. The maximum Gasteiger partial charge on any atom is 0.162 e. The molecule has 2 aromatic rings. The highest BCUT2D eigenvalue weighted by molar-refractivity contribution is 9.10.